The average molecular weight is 323 g/mol. The molecule has 1 aliphatic rings. The highest BCUT2D eigenvalue weighted by atomic mass is 16.1. The summed E-state index contributed by atoms with van der Waals surface area (Å²) in [5, 5.41) is 21.2. The van der Waals surface area contributed by atoms with E-state index in [2.05, 4.69) is 31.0 Å². The van der Waals surface area contributed by atoms with Crippen LogP contribution < -0.4 is 5.32 Å². The number of hydrogen-bond acceptors (Lipinski definition) is 5. The van der Waals surface area contributed by atoms with Crippen molar-refractivity contribution in [1.82, 2.24) is 35.7 Å². The standard InChI is InChI=1S/C16H17N7O/c24-16(13-10-18-23-7-2-1-6-14(13)23)17-9-11-4-3-5-12(8-11)15-19-21-22-20-15/h3-5,8,10H,1-2,6-7,9H2,(H,17,24)(H,19,20,21,22). The van der Waals surface area contributed by atoms with Crippen molar-refractivity contribution < 1.29 is 4.79 Å². The SMILES string of the molecule is O=C(NCc1cccc(-c2nn[nH]n2)c1)c1cnn2c1CCCC2. The summed E-state index contributed by atoms with van der Waals surface area (Å²) in [5.41, 5.74) is 3.56. The molecule has 4 rings (SSSR count). The van der Waals surface area contributed by atoms with E-state index in [0.29, 0.717) is 17.9 Å². The van der Waals surface area contributed by atoms with E-state index in [9.17, 15) is 4.79 Å². The van der Waals surface area contributed by atoms with Gasteiger partial charge in [0.1, 0.15) is 0 Å². The Labute approximate surface area is 138 Å². The van der Waals surface area contributed by atoms with Crippen molar-refractivity contribution in [2.45, 2.75) is 32.4 Å². The largest absolute Gasteiger partial charge is 0.348 e. The van der Waals surface area contributed by atoms with Crippen molar-refractivity contribution in [3.05, 3.63) is 47.3 Å². The van der Waals surface area contributed by atoms with Crippen LogP contribution in [0.1, 0.15) is 34.5 Å². The maximum atomic E-state index is 12.5. The van der Waals surface area contributed by atoms with Crippen molar-refractivity contribution in [3.63, 3.8) is 0 Å². The Morgan fingerprint density at radius 3 is 3.17 bits per heavy atom. The normalized spacial score (nSPS) is 13.5. The lowest BCUT2D eigenvalue weighted by atomic mass is 10.1. The molecule has 3 heterocycles. The minimum Gasteiger partial charge on any atom is -0.348 e. The first kappa shape index (κ1) is 14.6. The Balaban J connectivity index is 1.46. The average Bonchev–Trinajstić information content (AvgIpc) is 3.29. The van der Waals surface area contributed by atoms with Gasteiger partial charge in [-0.1, -0.05) is 18.2 Å². The Kier molecular flexibility index (Phi) is 3.78. The summed E-state index contributed by atoms with van der Waals surface area (Å²) < 4.78 is 1.94. The summed E-state index contributed by atoms with van der Waals surface area (Å²) in [7, 11) is 0. The Morgan fingerprint density at radius 1 is 1.33 bits per heavy atom. The smallest absolute Gasteiger partial charge is 0.255 e. The number of tetrazole rings is 1. The fraction of sp³-hybridized carbons (Fsp3) is 0.312. The highest BCUT2D eigenvalue weighted by Gasteiger charge is 2.19. The molecule has 0 saturated heterocycles. The van der Waals surface area contributed by atoms with Crippen molar-refractivity contribution >= 4 is 5.91 Å². The van der Waals surface area contributed by atoms with E-state index in [0.717, 1.165) is 42.6 Å². The number of hydrogen-bond donors (Lipinski definition) is 2. The number of carbonyl (C=O) groups is 1. The van der Waals surface area contributed by atoms with Crippen LogP contribution in [0.2, 0.25) is 0 Å². The van der Waals surface area contributed by atoms with Gasteiger partial charge in [0.25, 0.3) is 5.91 Å². The molecule has 0 aliphatic carbocycles. The Bertz CT molecular complexity index is 853. The molecule has 1 aromatic carbocycles. The summed E-state index contributed by atoms with van der Waals surface area (Å²) >= 11 is 0. The first-order valence-corrected chi connectivity index (χ1v) is 7.97. The molecule has 1 aliphatic heterocycles. The van der Waals surface area contributed by atoms with Crippen LogP contribution in [-0.2, 0) is 19.5 Å². The van der Waals surface area contributed by atoms with E-state index in [1.165, 1.54) is 0 Å². The summed E-state index contributed by atoms with van der Waals surface area (Å²) in [6.45, 7) is 1.34. The number of aryl methyl sites for hydroxylation is 1. The first-order valence-electron chi connectivity index (χ1n) is 7.97. The third-order valence-corrected chi connectivity index (χ3v) is 4.21. The lowest BCUT2D eigenvalue weighted by Gasteiger charge is -2.14. The molecule has 0 spiro atoms. The topological polar surface area (TPSA) is 101 Å². The van der Waals surface area contributed by atoms with Gasteiger partial charge in [0, 0.05) is 18.7 Å². The van der Waals surface area contributed by atoms with Crippen LogP contribution in [0.15, 0.2) is 30.5 Å². The van der Waals surface area contributed by atoms with Gasteiger partial charge in [-0.3, -0.25) is 9.48 Å². The van der Waals surface area contributed by atoms with Crippen LogP contribution >= 0.6 is 0 Å². The maximum Gasteiger partial charge on any atom is 0.255 e. The predicted molar refractivity (Wildman–Crippen MR) is 85.9 cm³/mol. The first-order chi connectivity index (χ1) is 11.8. The number of fused-ring (bicyclic) bond motifs is 1. The number of amides is 1. The van der Waals surface area contributed by atoms with Crippen molar-refractivity contribution in [1.29, 1.82) is 0 Å². The fourth-order valence-electron chi connectivity index (χ4n) is 2.99. The minimum absolute atomic E-state index is 0.0804. The van der Waals surface area contributed by atoms with Crippen LogP contribution in [-0.4, -0.2) is 36.3 Å². The number of aromatic amines is 1. The summed E-state index contributed by atoms with van der Waals surface area (Å²) in [4.78, 5) is 12.5. The van der Waals surface area contributed by atoms with Crippen LogP contribution in [0.3, 0.4) is 0 Å². The molecule has 0 atom stereocenters. The zero-order chi connectivity index (χ0) is 16.4. The Hall–Kier alpha value is -3.03. The molecule has 2 N–H and O–H groups in total. The molecule has 8 nitrogen and oxygen atoms in total. The molecule has 122 valence electrons. The number of carbonyl (C=O) groups excluding carboxylic acids is 1. The highest BCUT2D eigenvalue weighted by Crippen LogP contribution is 2.18. The van der Waals surface area contributed by atoms with Crippen LogP contribution in [0.4, 0.5) is 0 Å². The second-order valence-corrected chi connectivity index (χ2v) is 5.80. The number of nitrogens with one attached hydrogen (secondary N) is 2. The van der Waals surface area contributed by atoms with E-state index in [1.54, 1.807) is 6.20 Å². The number of benzene rings is 1. The van der Waals surface area contributed by atoms with Gasteiger partial charge < -0.3 is 5.32 Å². The number of rotatable bonds is 4. The second-order valence-electron chi connectivity index (χ2n) is 5.80. The molecule has 0 fully saturated rings. The van der Waals surface area contributed by atoms with Crippen molar-refractivity contribution in [2.24, 2.45) is 0 Å². The van der Waals surface area contributed by atoms with E-state index < -0.39 is 0 Å². The Morgan fingerprint density at radius 2 is 2.29 bits per heavy atom. The third-order valence-electron chi connectivity index (χ3n) is 4.21. The molecule has 1 amide bonds. The van der Waals surface area contributed by atoms with E-state index in [1.807, 2.05) is 28.9 Å². The van der Waals surface area contributed by atoms with Crippen molar-refractivity contribution in [2.75, 3.05) is 0 Å². The minimum atomic E-state index is -0.0804. The van der Waals surface area contributed by atoms with E-state index in [-0.39, 0.29) is 5.91 Å². The molecule has 8 heteroatoms. The van der Waals surface area contributed by atoms with E-state index >= 15 is 0 Å². The van der Waals surface area contributed by atoms with Crippen LogP contribution in [0, 0.1) is 0 Å². The lowest BCUT2D eigenvalue weighted by molar-refractivity contribution is 0.0949. The molecule has 0 unspecified atom stereocenters. The molecule has 24 heavy (non-hydrogen) atoms. The van der Waals surface area contributed by atoms with Crippen LogP contribution in [0.25, 0.3) is 11.4 Å². The quantitative estimate of drug-likeness (QED) is 0.754. The van der Waals surface area contributed by atoms with Gasteiger partial charge in [0.2, 0.25) is 5.82 Å². The zero-order valence-corrected chi connectivity index (χ0v) is 13.1. The van der Waals surface area contributed by atoms with Gasteiger partial charge in [-0.15, -0.1) is 10.2 Å². The highest BCUT2D eigenvalue weighted by molar-refractivity contribution is 5.95. The van der Waals surface area contributed by atoms with Gasteiger partial charge in [-0.25, -0.2) is 0 Å². The molecule has 2 aromatic heterocycles. The zero-order valence-electron chi connectivity index (χ0n) is 13.1. The second kappa shape index (κ2) is 6.23. The number of aromatic nitrogens is 6. The summed E-state index contributed by atoms with van der Waals surface area (Å²) in [6.07, 6.45) is 4.82. The van der Waals surface area contributed by atoms with Gasteiger partial charge >= 0.3 is 0 Å². The van der Waals surface area contributed by atoms with E-state index in [4.69, 9.17) is 0 Å². The monoisotopic (exact) mass is 323 g/mol. The predicted octanol–water partition coefficient (Wildman–Crippen LogP) is 1.33. The molecule has 0 radical (unpaired) electrons. The summed E-state index contributed by atoms with van der Waals surface area (Å²) in [6, 6.07) is 7.72. The molecular formula is C16H17N7O. The summed E-state index contributed by atoms with van der Waals surface area (Å²) in [5.74, 6) is 0.456. The lowest BCUT2D eigenvalue weighted by Crippen LogP contribution is -2.24. The molecule has 3 aromatic rings. The fourth-order valence-corrected chi connectivity index (χ4v) is 2.99. The maximum absolute atomic E-state index is 12.5. The van der Waals surface area contributed by atoms with Gasteiger partial charge in [-0.2, -0.15) is 10.3 Å². The molecule has 0 bridgehead atoms. The molecule has 0 saturated carbocycles. The van der Waals surface area contributed by atoms with Crippen molar-refractivity contribution in [3.8, 4) is 11.4 Å². The third kappa shape index (κ3) is 2.78. The van der Waals surface area contributed by atoms with Gasteiger partial charge in [-0.05, 0) is 36.1 Å². The van der Waals surface area contributed by atoms with Gasteiger partial charge in [0.05, 0.1) is 17.5 Å². The number of nitrogens with zero attached hydrogens (tertiary/aromatic N) is 5. The number of H-pyrrole nitrogens is 1. The van der Waals surface area contributed by atoms with Gasteiger partial charge in [0.15, 0.2) is 0 Å². The molecular weight excluding hydrogens is 306 g/mol. The van der Waals surface area contributed by atoms with Crippen LogP contribution in [0.5, 0.6) is 0 Å².